The molecule has 0 unspecified atom stereocenters. The summed E-state index contributed by atoms with van der Waals surface area (Å²) in [6, 6.07) is 19.7. The highest BCUT2D eigenvalue weighted by Gasteiger charge is 2.10. The van der Waals surface area contributed by atoms with Gasteiger partial charge in [-0.3, -0.25) is 9.48 Å². The van der Waals surface area contributed by atoms with Crippen LogP contribution >= 0.6 is 0 Å². The molecule has 0 atom stereocenters. The Bertz CT molecular complexity index is 1020. The standard InChI is InChI=1S/C22H20N4O2/c27-21(13-20-16-28-22(25-20)19-5-2-1-3-6-19)23-14-17-7-9-18(10-8-17)15-26-12-4-11-24-26/h1-12,16H,13-15H2,(H,23,27). The number of nitrogens with one attached hydrogen (secondary N) is 1. The van der Waals surface area contributed by atoms with Crippen molar-refractivity contribution in [1.29, 1.82) is 0 Å². The number of nitrogens with zero attached hydrogens (tertiary/aromatic N) is 3. The van der Waals surface area contributed by atoms with Gasteiger partial charge in [0.05, 0.1) is 18.7 Å². The second kappa shape index (κ2) is 8.35. The van der Waals surface area contributed by atoms with Gasteiger partial charge in [0.1, 0.15) is 6.26 Å². The number of benzene rings is 2. The topological polar surface area (TPSA) is 73.0 Å². The molecule has 2 aromatic heterocycles. The molecule has 0 bridgehead atoms. The minimum atomic E-state index is -0.0893. The van der Waals surface area contributed by atoms with Crippen LogP contribution in [-0.2, 0) is 24.3 Å². The molecule has 0 saturated heterocycles. The zero-order valence-corrected chi connectivity index (χ0v) is 15.3. The van der Waals surface area contributed by atoms with Gasteiger partial charge in [-0.1, -0.05) is 42.5 Å². The van der Waals surface area contributed by atoms with E-state index in [0.717, 1.165) is 23.2 Å². The number of oxazole rings is 1. The Labute approximate surface area is 162 Å². The molecule has 4 rings (SSSR count). The van der Waals surface area contributed by atoms with E-state index in [1.165, 1.54) is 6.26 Å². The number of rotatable bonds is 7. The molecule has 6 heteroatoms. The smallest absolute Gasteiger partial charge is 0.226 e. The third kappa shape index (κ3) is 4.54. The molecule has 4 aromatic rings. The Morgan fingerprint density at radius 3 is 2.54 bits per heavy atom. The molecule has 0 radical (unpaired) electrons. The van der Waals surface area contributed by atoms with E-state index in [9.17, 15) is 4.79 Å². The average molecular weight is 372 g/mol. The van der Waals surface area contributed by atoms with E-state index in [2.05, 4.69) is 15.4 Å². The lowest BCUT2D eigenvalue weighted by atomic mass is 10.1. The molecule has 0 aliphatic rings. The third-order valence-corrected chi connectivity index (χ3v) is 4.33. The first kappa shape index (κ1) is 17.7. The largest absolute Gasteiger partial charge is 0.444 e. The maximum absolute atomic E-state index is 12.2. The maximum atomic E-state index is 12.2. The van der Waals surface area contributed by atoms with Crippen molar-refractivity contribution in [2.24, 2.45) is 0 Å². The molecule has 1 N–H and O–H groups in total. The van der Waals surface area contributed by atoms with Crippen LogP contribution in [0.25, 0.3) is 11.5 Å². The molecule has 0 aliphatic carbocycles. The zero-order chi connectivity index (χ0) is 19.2. The van der Waals surface area contributed by atoms with E-state index in [4.69, 9.17) is 4.42 Å². The molecule has 6 nitrogen and oxygen atoms in total. The summed E-state index contributed by atoms with van der Waals surface area (Å²) in [6.45, 7) is 1.21. The minimum Gasteiger partial charge on any atom is -0.444 e. The van der Waals surface area contributed by atoms with Crippen LogP contribution in [-0.4, -0.2) is 20.7 Å². The Balaban J connectivity index is 1.28. The summed E-state index contributed by atoms with van der Waals surface area (Å²) >= 11 is 0. The number of carbonyl (C=O) groups excluding carboxylic acids is 1. The van der Waals surface area contributed by atoms with E-state index in [1.807, 2.05) is 71.5 Å². The first-order chi connectivity index (χ1) is 13.8. The van der Waals surface area contributed by atoms with Gasteiger partial charge in [-0.25, -0.2) is 4.98 Å². The van der Waals surface area contributed by atoms with Crippen LogP contribution in [0, 0.1) is 0 Å². The zero-order valence-electron chi connectivity index (χ0n) is 15.3. The van der Waals surface area contributed by atoms with Crippen LogP contribution < -0.4 is 5.32 Å². The van der Waals surface area contributed by atoms with Gasteiger partial charge in [-0.2, -0.15) is 5.10 Å². The van der Waals surface area contributed by atoms with Crippen LogP contribution in [0.1, 0.15) is 16.8 Å². The predicted octanol–water partition coefficient (Wildman–Crippen LogP) is 3.45. The van der Waals surface area contributed by atoms with Crippen molar-refractivity contribution in [3.8, 4) is 11.5 Å². The van der Waals surface area contributed by atoms with Crippen LogP contribution in [0.5, 0.6) is 0 Å². The molecule has 28 heavy (non-hydrogen) atoms. The van der Waals surface area contributed by atoms with Gasteiger partial charge in [0, 0.05) is 24.5 Å². The maximum Gasteiger partial charge on any atom is 0.226 e. The highest BCUT2D eigenvalue weighted by molar-refractivity contribution is 5.78. The summed E-state index contributed by atoms with van der Waals surface area (Å²) in [7, 11) is 0. The summed E-state index contributed by atoms with van der Waals surface area (Å²) < 4.78 is 7.35. The predicted molar refractivity (Wildman–Crippen MR) is 105 cm³/mol. The van der Waals surface area contributed by atoms with Crippen LogP contribution in [0.2, 0.25) is 0 Å². The van der Waals surface area contributed by atoms with Crippen molar-refractivity contribution in [1.82, 2.24) is 20.1 Å². The van der Waals surface area contributed by atoms with Crippen molar-refractivity contribution in [2.45, 2.75) is 19.5 Å². The fourth-order valence-electron chi connectivity index (χ4n) is 2.87. The van der Waals surface area contributed by atoms with E-state index in [-0.39, 0.29) is 12.3 Å². The molecule has 0 spiro atoms. The quantitative estimate of drug-likeness (QED) is 0.539. The number of carbonyl (C=O) groups is 1. The molecular formula is C22H20N4O2. The molecule has 0 saturated carbocycles. The summed E-state index contributed by atoms with van der Waals surface area (Å²) in [5, 5.41) is 7.12. The lowest BCUT2D eigenvalue weighted by Crippen LogP contribution is -2.24. The lowest BCUT2D eigenvalue weighted by Gasteiger charge is -2.06. The highest BCUT2D eigenvalue weighted by Crippen LogP contribution is 2.18. The first-order valence-electron chi connectivity index (χ1n) is 9.08. The van der Waals surface area contributed by atoms with Gasteiger partial charge < -0.3 is 9.73 Å². The van der Waals surface area contributed by atoms with E-state index < -0.39 is 0 Å². The van der Waals surface area contributed by atoms with Gasteiger partial charge in [0.2, 0.25) is 11.8 Å². The fourth-order valence-corrected chi connectivity index (χ4v) is 2.87. The number of hydrogen-bond donors (Lipinski definition) is 1. The van der Waals surface area contributed by atoms with E-state index >= 15 is 0 Å². The molecule has 1 amide bonds. The van der Waals surface area contributed by atoms with Crippen LogP contribution in [0.3, 0.4) is 0 Å². The van der Waals surface area contributed by atoms with Gasteiger partial charge in [0.15, 0.2) is 0 Å². The van der Waals surface area contributed by atoms with Crippen molar-refractivity contribution in [3.63, 3.8) is 0 Å². The Kier molecular flexibility index (Phi) is 5.29. The van der Waals surface area contributed by atoms with Gasteiger partial charge in [0.25, 0.3) is 0 Å². The lowest BCUT2D eigenvalue weighted by molar-refractivity contribution is -0.120. The van der Waals surface area contributed by atoms with E-state index in [0.29, 0.717) is 18.1 Å². The van der Waals surface area contributed by atoms with Crippen LogP contribution in [0.15, 0.2) is 83.7 Å². The molecule has 140 valence electrons. The summed E-state index contributed by atoms with van der Waals surface area (Å²) in [5.74, 6) is 0.435. The van der Waals surface area contributed by atoms with Crippen molar-refractivity contribution >= 4 is 5.91 Å². The third-order valence-electron chi connectivity index (χ3n) is 4.33. The summed E-state index contributed by atoms with van der Waals surface area (Å²) in [4.78, 5) is 16.6. The SMILES string of the molecule is O=C(Cc1coc(-c2ccccc2)n1)NCc1ccc(Cn2cccn2)cc1. The van der Waals surface area contributed by atoms with Gasteiger partial charge in [-0.05, 0) is 29.3 Å². The number of amides is 1. The van der Waals surface area contributed by atoms with E-state index in [1.54, 1.807) is 6.20 Å². The number of hydrogen-bond acceptors (Lipinski definition) is 4. The monoisotopic (exact) mass is 372 g/mol. The van der Waals surface area contributed by atoms with Crippen LogP contribution in [0.4, 0.5) is 0 Å². The molecule has 2 aromatic carbocycles. The van der Waals surface area contributed by atoms with Gasteiger partial charge in [-0.15, -0.1) is 0 Å². The van der Waals surface area contributed by atoms with Crippen molar-refractivity contribution in [3.05, 3.63) is 96.1 Å². The van der Waals surface area contributed by atoms with Crippen molar-refractivity contribution in [2.75, 3.05) is 0 Å². The molecule has 0 fully saturated rings. The Hall–Kier alpha value is -3.67. The summed E-state index contributed by atoms with van der Waals surface area (Å²) in [6.07, 6.45) is 5.42. The fraction of sp³-hybridized carbons (Fsp3) is 0.136. The minimum absolute atomic E-state index is 0.0893. The molecule has 0 aliphatic heterocycles. The first-order valence-corrected chi connectivity index (χ1v) is 9.08. The average Bonchev–Trinajstić information content (AvgIpc) is 3.40. The second-order valence-electron chi connectivity index (χ2n) is 6.48. The highest BCUT2D eigenvalue weighted by atomic mass is 16.3. The normalized spacial score (nSPS) is 10.7. The summed E-state index contributed by atoms with van der Waals surface area (Å²) in [5.41, 5.74) is 3.72. The number of aromatic nitrogens is 3. The van der Waals surface area contributed by atoms with Crippen molar-refractivity contribution < 1.29 is 9.21 Å². The Morgan fingerprint density at radius 2 is 1.79 bits per heavy atom. The van der Waals surface area contributed by atoms with Gasteiger partial charge >= 0.3 is 0 Å². The molecule has 2 heterocycles. The Morgan fingerprint density at radius 1 is 1.00 bits per heavy atom. The second-order valence-corrected chi connectivity index (χ2v) is 6.48. The molecular weight excluding hydrogens is 352 g/mol.